The van der Waals surface area contributed by atoms with Crippen molar-refractivity contribution < 1.29 is 37.1 Å². The first-order chi connectivity index (χ1) is 19.6. The summed E-state index contributed by atoms with van der Waals surface area (Å²) < 4.78 is 33.2. The second-order valence-corrected chi connectivity index (χ2v) is 10.8. The molecule has 0 spiro atoms. The van der Waals surface area contributed by atoms with Crippen LogP contribution < -0.4 is 20.1 Å². The Morgan fingerprint density at radius 2 is 1.59 bits per heavy atom. The maximum atomic E-state index is 12.9. The van der Waals surface area contributed by atoms with Gasteiger partial charge in [0.2, 0.25) is 15.9 Å². The number of imide groups is 1. The lowest BCUT2D eigenvalue weighted by Gasteiger charge is -2.16. The van der Waals surface area contributed by atoms with Gasteiger partial charge < -0.3 is 14.8 Å². The highest BCUT2D eigenvalue weighted by molar-refractivity contribution is 7.89. The molecule has 3 N–H and O–H groups in total. The normalized spacial score (nSPS) is 15.2. The highest BCUT2D eigenvalue weighted by Crippen LogP contribution is 2.24. The molecule has 4 rings (SSSR count). The molecule has 0 saturated carbocycles. The fourth-order valence-corrected chi connectivity index (χ4v) is 4.76. The van der Waals surface area contributed by atoms with Crippen molar-refractivity contribution >= 4 is 39.3 Å². The van der Waals surface area contributed by atoms with E-state index < -0.39 is 34.5 Å². The number of ether oxygens (including phenoxy) is 2. The van der Waals surface area contributed by atoms with Crippen LogP contribution in [-0.4, -0.2) is 57.8 Å². The van der Waals surface area contributed by atoms with Crippen molar-refractivity contribution in [2.24, 2.45) is 5.14 Å². The van der Waals surface area contributed by atoms with Crippen LogP contribution in [-0.2, 0) is 30.8 Å². The van der Waals surface area contributed by atoms with Gasteiger partial charge in [-0.15, -0.1) is 0 Å². The topological polar surface area (TPSA) is 162 Å². The fraction of sp³-hybridized carbons (Fsp3) is 0.241. The number of benzene rings is 3. The molecule has 2 amide bonds. The van der Waals surface area contributed by atoms with Gasteiger partial charge in [-0.05, 0) is 86.1 Å². The average molecular weight is 580 g/mol. The molecule has 0 aliphatic carbocycles. The number of hydrogen-bond acceptors (Lipinski definition) is 9. The molecule has 214 valence electrons. The molecule has 3 aromatic rings. The quantitative estimate of drug-likeness (QED) is 0.186. The zero-order chi connectivity index (χ0) is 29.6. The Balaban J connectivity index is 1.28. The monoisotopic (exact) mass is 579 g/mol. The third kappa shape index (κ3) is 7.42. The summed E-state index contributed by atoms with van der Waals surface area (Å²) in [7, 11) is -3.77. The number of rotatable bonds is 12. The molecule has 12 heteroatoms. The van der Waals surface area contributed by atoms with Gasteiger partial charge in [0.25, 0.3) is 5.91 Å². The number of carbonyl (C=O) groups excluding carboxylic acids is 4. The van der Waals surface area contributed by atoms with Crippen molar-refractivity contribution in [1.29, 1.82) is 0 Å². The third-order valence-corrected chi connectivity index (χ3v) is 7.32. The van der Waals surface area contributed by atoms with Crippen LogP contribution in [0.1, 0.15) is 39.6 Å². The summed E-state index contributed by atoms with van der Waals surface area (Å²) in [4.78, 5) is 51.4. The Morgan fingerprint density at radius 3 is 2.20 bits per heavy atom. The molecule has 1 fully saturated rings. The van der Waals surface area contributed by atoms with Gasteiger partial charge in [0, 0.05) is 5.56 Å². The number of Topliss-reactive ketones (excluding diaryl/α,β-unsaturated/α-hetero) is 1. The van der Waals surface area contributed by atoms with Gasteiger partial charge >= 0.3 is 5.97 Å². The number of nitrogens with zero attached hydrogens (tertiary/aromatic N) is 1. The van der Waals surface area contributed by atoms with Crippen LogP contribution in [0, 0.1) is 0 Å². The Bertz CT molecular complexity index is 1540. The van der Waals surface area contributed by atoms with Crippen LogP contribution in [0.2, 0.25) is 0 Å². The van der Waals surface area contributed by atoms with E-state index in [0.717, 1.165) is 10.5 Å². The van der Waals surface area contributed by atoms with E-state index in [1.807, 2.05) is 6.92 Å². The fourth-order valence-electron chi connectivity index (χ4n) is 4.25. The van der Waals surface area contributed by atoms with E-state index in [4.69, 9.17) is 14.6 Å². The number of amides is 2. The molecule has 41 heavy (non-hydrogen) atoms. The molecule has 1 aliphatic heterocycles. The number of nitrogens with one attached hydrogen (secondary N) is 1. The van der Waals surface area contributed by atoms with Gasteiger partial charge in [0.1, 0.15) is 5.75 Å². The largest absolute Gasteiger partial charge is 0.494 e. The summed E-state index contributed by atoms with van der Waals surface area (Å²) in [5.74, 6) is -1.26. The number of esters is 1. The van der Waals surface area contributed by atoms with E-state index in [1.165, 1.54) is 36.4 Å². The number of sulfonamides is 1. The molecule has 1 saturated heterocycles. The molecular weight excluding hydrogens is 550 g/mol. The van der Waals surface area contributed by atoms with Gasteiger partial charge in [0.15, 0.2) is 12.4 Å². The van der Waals surface area contributed by atoms with Crippen LogP contribution >= 0.6 is 0 Å². The van der Waals surface area contributed by atoms with Gasteiger partial charge in [-0.2, -0.15) is 0 Å². The van der Waals surface area contributed by atoms with Crippen molar-refractivity contribution in [3.05, 3.63) is 89.5 Å². The lowest BCUT2D eigenvalue weighted by molar-refractivity contribution is -0.121. The maximum Gasteiger partial charge on any atom is 0.338 e. The Hall–Kier alpha value is -4.39. The first-order valence-electron chi connectivity index (χ1n) is 12.8. The summed E-state index contributed by atoms with van der Waals surface area (Å²) >= 11 is 0. The van der Waals surface area contributed by atoms with Crippen molar-refractivity contribution in [3.63, 3.8) is 0 Å². The number of primary sulfonamides is 1. The minimum absolute atomic E-state index is 0.0121. The summed E-state index contributed by atoms with van der Waals surface area (Å²) in [5, 5.41) is 8.17. The molecule has 11 nitrogen and oxygen atoms in total. The molecule has 0 bridgehead atoms. The van der Waals surface area contributed by atoms with Crippen LogP contribution in [0.3, 0.4) is 0 Å². The van der Waals surface area contributed by atoms with E-state index in [9.17, 15) is 27.6 Å². The number of hydrogen-bond donors (Lipinski definition) is 2. The van der Waals surface area contributed by atoms with E-state index in [0.29, 0.717) is 36.6 Å². The second-order valence-electron chi connectivity index (χ2n) is 9.22. The van der Waals surface area contributed by atoms with Crippen molar-refractivity contribution in [2.45, 2.75) is 30.7 Å². The molecule has 1 atom stereocenters. The molecule has 0 radical (unpaired) electrons. The molecular formula is C29H29N3O8S. The average Bonchev–Trinajstić information content (AvgIpc) is 3.24. The minimum Gasteiger partial charge on any atom is -0.494 e. The van der Waals surface area contributed by atoms with E-state index >= 15 is 0 Å². The van der Waals surface area contributed by atoms with Gasteiger partial charge in [-0.1, -0.05) is 12.1 Å². The van der Waals surface area contributed by atoms with Gasteiger partial charge in [-0.25, -0.2) is 23.3 Å². The summed E-state index contributed by atoms with van der Waals surface area (Å²) in [6.07, 6.45) is 0.474. The zero-order valence-electron chi connectivity index (χ0n) is 22.2. The van der Waals surface area contributed by atoms with Crippen molar-refractivity contribution in [3.8, 4) is 5.75 Å². The number of ketones is 1. The van der Waals surface area contributed by atoms with Crippen molar-refractivity contribution in [2.75, 3.05) is 24.7 Å². The predicted octanol–water partition coefficient (Wildman–Crippen LogP) is 2.24. The molecule has 3 aromatic carbocycles. The van der Waals surface area contributed by atoms with Crippen LogP contribution in [0.15, 0.2) is 77.7 Å². The highest BCUT2D eigenvalue weighted by Gasteiger charge is 2.39. The first kappa shape index (κ1) is 29.6. The minimum atomic E-state index is -3.77. The lowest BCUT2D eigenvalue weighted by Crippen LogP contribution is -2.39. The predicted molar refractivity (Wildman–Crippen MR) is 149 cm³/mol. The molecule has 1 heterocycles. The lowest BCUT2D eigenvalue weighted by atomic mass is 10.1. The van der Waals surface area contributed by atoms with Crippen LogP contribution in [0.5, 0.6) is 5.75 Å². The molecule has 0 aromatic heterocycles. The summed E-state index contributed by atoms with van der Waals surface area (Å²) in [6, 6.07) is 17.7. The summed E-state index contributed by atoms with van der Waals surface area (Å²) in [6.45, 7) is 2.30. The van der Waals surface area contributed by atoms with E-state index in [-0.39, 0.29) is 28.6 Å². The Labute approximate surface area is 237 Å². The SMILES string of the molecule is CCOc1ccc(C(=O)COC(=O)c2ccc(N3C(=O)CC(NCCc4ccc(S(N)(=O)=O)cc4)C3=O)cc2)cc1. The maximum absolute atomic E-state index is 12.9. The standard InChI is InChI=1S/C29H29N3O8S/c1-2-39-23-11-7-20(8-12-23)26(33)18-40-29(36)21-5-9-22(10-6-21)32-27(34)17-25(28(32)35)31-16-15-19-3-13-24(14-4-19)41(30,37)38/h3-14,25,31H,2,15-18H2,1H3,(H2,30,37,38). The van der Waals surface area contributed by atoms with E-state index in [2.05, 4.69) is 5.32 Å². The molecule has 1 aliphatic rings. The second kappa shape index (κ2) is 12.9. The Morgan fingerprint density at radius 1 is 0.951 bits per heavy atom. The van der Waals surface area contributed by atoms with Gasteiger partial charge in [0.05, 0.1) is 35.2 Å². The zero-order valence-corrected chi connectivity index (χ0v) is 23.1. The third-order valence-electron chi connectivity index (χ3n) is 6.39. The van der Waals surface area contributed by atoms with Crippen LogP contribution in [0.25, 0.3) is 0 Å². The van der Waals surface area contributed by atoms with Crippen LogP contribution in [0.4, 0.5) is 5.69 Å². The number of nitrogens with two attached hydrogens (primary N) is 1. The number of anilines is 1. The van der Waals surface area contributed by atoms with Crippen molar-refractivity contribution in [1.82, 2.24) is 5.32 Å². The highest BCUT2D eigenvalue weighted by atomic mass is 32.2. The van der Waals surface area contributed by atoms with E-state index in [1.54, 1.807) is 36.4 Å². The smallest absolute Gasteiger partial charge is 0.338 e. The number of carbonyl (C=O) groups is 4. The first-order valence-corrected chi connectivity index (χ1v) is 14.4. The Kier molecular flexibility index (Phi) is 9.28. The van der Waals surface area contributed by atoms with Gasteiger partial charge in [-0.3, -0.25) is 14.4 Å². The summed E-state index contributed by atoms with van der Waals surface area (Å²) in [5.41, 5.74) is 1.69. The molecule has 1 unspecified atom stereocenters.